The summed E-state index contributed by atoms with van der Waals surface area (Å²) in [6, 6.07) is 12.9. The molecule has 19 heavy (non-hydrogen) atoms. The minimum Gasteiger partial charge on any atom is -0.309 e. The number of nitriles is 1. The van der Waals surface area contributed by atoms with Crippen LogP contribution in [0.1, 0.15) is 43.7 Å². The van der Waals surface area contributed by atoms with Crippen LogP contribution in [-0.4, -0.2) is 6.54 Å². The predicted octanol–water partition coefficient (Wildman–Crippen LogP) is 3.67. The van der Waals surface area contributed by atoms with Gasteiger partial charge < -0.3 is 5.32 Å². The molecule has 0 aliphatic heterocycles. The molecule has 100 valence electrons. The topological polar surface area (TPSA) is 35.8 Å². The van der Waals surface area contributed by atoms with Gasteiger partial charge in [-0.25, -0.2) is 0 Å². The molecular formula is C17H22N2. The molecule has 0 heterocycles. The zero-order valence-corrected chi connectivity index (χ0v) is 11.4. The second-order valence-corrected chi connectivity index (χ2v) is 6.07. The van der Waals surface area contributed by atoms with Gasteiger partial charge in [0.1, 0.15) is 0 Å². The van der Waals surface area contributed by atoms with E-state index in [1.165, 1.54) is 31.2 Å². The second-order valence-electron chi connectivity index (χ2n) is 6.07. The fraction of sp³-hybridized carbons (Fsp3) is 0.588. The number of nitrogens with zero attached hydrogens (tertiary/aromatic N) is 1. The molecule has 0 radical (unpaired) electrons. The molecule has 2 aliphatic carbocycles. The Morgan fingerprint density at radius 2 is 1.74 bits per heavy atom. The SMILES string of the molecule is N#CCC(NCC(C1CC1)C1CC1)c1ccccc1. The Morgan fingerprint density at radius 3 is 2.26 bits per heavy atom. The van der Waals surface area contributed by atoms with Crippen molar-refractivity contribution in [3.63, 3.8) is 0 Å². The van der Waals surface area contributed by atoms with Gasteiger partial charge in [-0.05, 0) is 55.5 Å². The van der Waals surface area contributed by atoms with Crippen LogP contribution in [0.2, 0.25) is 0 Å². The van der Waals surface area contributed by atoms with Crippen LogP contribution in [-0.2, 0) is 0 Å². The molecule has 2 aliphatic rings. The first-order valence-electron chi connectivity index (χ1n) is 7.53. The van der Waals surface area contributed by atoms with Crippen molar-refractivity contribution in [1.29, 1.82) is 5.26 Å². The lowest BCUT2D eigenvalue weighted by Crippen LogP contribution is -2.29. The lowest BCUT2D eigenvalue weighted by Gasteiger charge is -2.22. The van der Waals surface area contributed by atoms with Gasteiger partial charge in [-0.1, -0.05) is 30.3 Å². The molecule has 0 bridgehead atoms. The van der Waals surface area contributed by atoms with Crippen molar-refractivity contribution in [2.45, 2.75) is 38.1 Å². The van der Waals surface area contributed by atoms with E-state index in [-0.39, 0.29) is 6.04 Å². The van der Waals surface area contributed by atoms with Crippen LogP contribution >= 0.6 is 0 Å². The predicted molar refractivity (Wildman–Crippen MR) is 76.4 cm³/mol. The number of hydrogen-bond acceptors (Lipinski definition) is 2. The van der Waals surface area contributed by atoms with Crippen molar-refractivity contribution in [3.8, 4) is 6.07 Å². The first kappa shape index (κ1) is 12.7. The van der Waals surface area contributed by atoms with E-state index in [0.29, 0.717) is 6.42 Å². The molecule has 2 heteroatoms. The molecule has 2 fully saturated rings. The summed E-state index contributed by atoms with van der Waals surface area (Å²) in [6.07, 6.45) is 6.27. The van der Waals surface area contributed by atoms with Crippen molar-refractivity contribution in [3.05, 3.63) is 35.9 Å². The Morgan fingerprint density at radius 1 is 1.11 bits per heavy atom. The highest BCUT2D eigenvalue weighted by atomic mass is 14.9. The summed E-state index contributed by atoms with van der Waals surface area (Å²) in [4.78, 5) is 0. The zero-order chi connectivity index (χ0) is 13.1. The largest absolute Gasteiger partial charge is 0.309 e. The minimum absolute atomic E-state index is 0.200. The van der Waals surface area contributed by atoms with Crippen LogP contribution in [0.25, 0.3) is 0 Å². The molecule has 1 N–H and O–H groups in total. The molecule has 1 unspecified atom stereocenters. The lowest BCUT2D eigenvalue weighted by atomic mass is 9.96. The minimum atomic E-state index is 0.200. The maximum atomic E-state index is 9.02. The Kier molecular flexibility index (Phi) is 3.84. The third-order valence-corrected chi connectivity index (χ3v) is 4.55. The van der Waals surface area contributed by atoms with E-state index in [1.54, 1.807) is 0 Å². The van der Waals surface area contributed by atoms with Crippen LogP contribution in [0.4, 0.5) is 0 Å². The van der Waals surface area contributed by atoms with E-state index >= 15 is 0 Å². The van der Waals surface area contributed by atoms with Crippen molar-refractivity contribution < 1.29 is 0 Å². The average molecular weight is 254 g/mol. The smallest absolute Gasteiger partial charge is 0.0641 e. The number of nitrogens with one attached hydrogen (secondary N) is 1. The molecule has 0 amide bonds. The van der Waals surface area contributed by atoms with E-state index in [2.05, 4.69) is 35.7 Å². The lowest BCUT2D eigenvalue weighted by molar-refractivity contribution is 0.357. The quantitative estimate of drug-likeness (QED) is 0.806. The summed E-state index contributed by atoms with van der Waals surface area (Å²) in [6.45, 7) is 1.09. The highest BCUT2D eigenvalue weighted by Gasteiger charge is 2.41. The van der Waals surface area contributed by atoms with E-state index in [1.807, 2.05) is 6.07 Å². The van der Waals surface area contributed by atoms with Crippen molar-refractivity contribution in [2.75, 3.05) is 6.54 Å². The molecule has 2 saturated carbocycles. The number of rotatable bonds is 7. The average Bonchev–Trinajstić information content (AvgIpc) is 3.32. The van der Waals surface area contributed by atoms with Crippen LogP contribution in [0.15, 0.2) is 30.3 Å². The van der Waals surface area contributed by atoms with E-state index < -0.39 is 0 Å². The van der Waals surface area contributed by atoms with Gasteiger partial charge >= 0.3 is 0 Å². The molecular weight excluding hydrogens is 232 g/mol. The summed E-state index contributed by atoms with van der Waals surface area (Å²) < 4.78 is 0. The Hall–Kier alpha value is -1.33. The molecule has 1 aromatic carbocycles. The van der Waals surface area contributed by atoms with Gasteiger partial charge in [0, 0.05) is 6.04 Å². The van der Waals surface area contributed by atoms with E-state index in [0.717, 1.165) is 24.3 Å². The van der Waals surface area contributed by atoms with E-state index in [9.17, 15) is 0 Å². The first-order valence-corrected chi connectivity index (χ1v) is 7.53. The first-order chi connectivity index (χ1) is 9.38. The zero-order valence-electron chi connectivity index (χ0n) is 11.4. The maximum Gasteiger partial charge on any atom is 0.0641 e. The molecule has 0 saturated heterocycles. The monoisotopic (exact) mass is 254 g/mol. The summed E-state index contributed by atoms with van der Waals surface area (Å²) in [5.74, 6) is 2.81. The normalized spacial score (nSPS) is 20.2. The standard InChI is InChI=1S/C17H22N2/c18-11-10-17(15-4-2-1-3-5-15)19-12-16(13-6-7-13)14-8-9-14/h1-5,13-14,16-17,19H,6-10,12H2. The third-order valence-electron chi connectivity index (χ3n) is 4.55. The van der Waals surface area contributed by atoms with Gasteiger partial charge in [0.25, 0.3) is 0 Å². The third kappa shape index (κ3) is 3.36. The van der Waals surface area contributed by atoms with Crippen molar-refractivity contribution in [2.24, 2.45) is 17.8 Å². The van der Waals surface area contributed by atoms with E-state index in [4.69, 9.17) is 5.26 Å². The fourth-order valence-electron chi connectivity index (χ4n) is 3.13. The van der Waals surface area contributed by atoms with Gasteiger partial charge in [0.2, 0.25) is 0 Å². The van der Waals surface area contributed by atoms with Gasteiger partial charge in [-0.15, -0.1) is 0 Å². The maximum absolute atomic E-state index is 9.02. The van der Waals surface area contributed by atoms with Crippen LogP contribution < -0.4 is 5.32 Å². The van der Waals surface area contributed by atoms with Crippen molar-refractivity contribution in [1.82, 2.24) is 5.32 Å². The molecule has 2 nitrogen and oxygen atoms in total. The fourth-order valence-corrected chi connectivity index (χ4v) is 3.13. The Balaban J connectivity index is 1.60. The number of hydrogen-bond donors (Lipinski definition) is 1. The molecule has 1 aromatic rings. The van der Waals surface area contributed by atoms with Crippen LogP contribution in [0.5, 0.6) is 0 Å². The highest BCUT2D eigenvalue weighted by molar-refractivity contribution is 5.20. The molecule has 3 rings (SSSR count). The molecule has 0 aromatic heterocycles. The Bertz CT molecular complexity index is 428. The van der Waals surface area contributed by atoms with Crippen LogP contribution in [0.3, 0.4) is 0 Å². The van der Waals surface area contributed by atoms with Crippen molar-refractivity contribution >= 4 is 0 Å². The summed E-state index contributed by atoms with van der Waals surface area (Å²) in [7, 11) is 0. The molecule has 1 atom stereocenters. The highest BCUT2D eigenvalue weighted by Crippen LogP contribution is 2.49. The van der Waals surface area contributed by atoms with Gasteiger partial charge in [0.05, 0.1) is 12.5 Å². The molecule has 0 spiro atoms. The summed E-state index contributed by atoms with van der Waals surface area (Å²) in [5, 5.41) is 12.7. The summed E-state index contributed by atoms with van der Waals surface area (Å²) >= 11 is 0. The van der Waals surface area contributed by atoms with Gasteiger partial charge in [-0.3, -0.25) is 0 Å². The second kappa shape index (κ2) is 5.75. The van der Waals surface area contributed by atoms with Gasteiger partial charge in [-0.2, -0.15) is 5.26 Å². The van der Waals surface area contributed by atoms with Gasteiger partial charge in [0.15, 0.2) is 0 Å². The Labute approximate surface area is 115 Å². The van der Waals surface area contributed by atoms with Crippen LogP contribution in [0, 0.1) is 29.1 Å². The number of benzene rings is 1. The summed E-state index contributed by atoms with van der Waals surface area (Å²) in [5.41, 5.74) is 1.24.